The minimum absolute atomic E-state index is 0.00942. The summed E-state index contributed by atoms with van der Waals surface area (Å²) in [5.41, 5.74) is 4.81. The Morgan fingerprint density at radius 3 is 2.53 bits per heavy atom. The van der Waals surface area contributed by atoms with Gasteiger partial charge in [0, 0.05) is 31.4 Å². The van der Waals surface area contributed by atoms with E-state index in [2.05, 4.69) is 47.7 Å². The zero-order valence-electron chi connectivity index (χ0n) is 17.5. The molecule has 3 aromatic carbocycles. The number of rotatable bonds is 5. The van der Waals surface area contributed by atoms with Gasteiger partial charge in [-0.3, -0.25) is 9.59 Å². The number of hydrazone groups is 1. The van der Waals surface area contributed by atoms with Gasteiger partial charge in [0.15, 0.2) is 0 Å². The first kappa shape index (κ1) is 24.4. The highest BCUT2D eigenvalue weighted by molar-refractivity contribution is 9.11. The molecule has 4 rings (SSSR count). The predicted molar refractivity (Wildman–Crippen MR) is 145 cm³/mol. The number of thiophene rings is 1. The summed E-state index contributed by atoms with van der Waals surface area (Å²) >= 11 is 14.3. The number of aryl methyl sites for hydroxylation is 1. The first-order valence-electron chi connectivity index (χ1n) is 9.84. The highest BCUT2D eigenvalue weighted by atomic mass is 79.9. The van der Waals surface area contributed by atoms with Gasteiger partial charge in [0.2, 0.25) is 0 Å². The van der Waals surface area contributed by atoms with Gasteiger partial charge in [-0.1, -0.05) is 39.7 Å². The number of phenolic OH excluding ortho intramolecular Hbond substituents is 1. The molecule has 3 N–H and O–H groups in total. The minimum Gasteiger partial charge on any atom is -0.506 e. The minimum atomic E-state index is -0.439. The van der Waals surface area contributed by atoms with Crippen LogP contribution in [0.25, 0.3) is 10.1 Å². The lowest BCUT2D eigenvalue weighted by Crippen LogP contribution is -2.17. The molecule has 0 spiro atoms. The molecule has 0 bridgehead atoms. The van der Waals surface area contributed by atoms with Crippen molar-refractivity contribution in [3.8, 4) is 5.75 Å². The Labute approximate surface area is 220 Å². The average Bonchev–Trinajstić information content (AvgIpc) is 3.13. The number of amides is 2. The molecular weight excluding hydrogens is 606 g/mol. The molecule has 172 valence electrons. The molecule has 4 aromatic rings. The molecule has 1 aromatic heterocycles. The molecule has 0 saturated heterocycles. The number of anilines is 1. The highest BCUT2D eigenvalue weighted by Gasteiger charge is 2.17. The van der Waals surface area contributed by atoms with Crippen LogP contribution in [0.2, 0.25) is 5.02 Å². The van der Waals surface area contributed by atoms with E-state index in [-0.39, 0.29) is 11.7 Å². The van der Waals surface area contributed by atoms with Gasteiger partial charge in [0.05, 0.1) is 15.7 Å². The van der Waals surface area contributed by atoms with Crippen LogP contribution >= 0.6 is 54.8 Å². The van der Waals surface area contributed by atoms with Gasteiger partial charge >= 0.3 is 0 Å². The van der Waals surface area contributed by atoms with Crippen LogP contribution in [0.15, 0.2) is 68.6 Å². The molecule has 0 aliphatic heterocycles. The zero-order valence-corrected chi connectivity index (χ0v) is 22.3. The van der Waals surface area contributed by atoms with Crippen molar-refractivity contribution in [2.24, 2.45) is 5.10 Å². The van der Waals surface area contributed by atoms with Crippen molar-refractivity contribution in [1.82, 2.24) is 5.43 Å². The number of carbonyl (C=O) groups is 2. The fourth-order valence-electron chi connectivity index (χ4n) is 3.12. The van der Waals surface area contributed by atoms with Crippen molar-refractivity contribution in [2.45, 2.75) is 6.92 Å². The molecule has 34 heavy (non-hydrogen) atoms. The van der Waals surface area contributed by atoms with E-state index in [1.54, 1.807) is 36.4 Å². The lowest BCUT2D eigenvalue weighted by Gasteiger charge is -2.06. The van der Waals surface area contributed by atoms with Crippen LogP contribution < -0.4 is 10.7 Å². The third-order valence-electron chi connectivity index (χ3n) is 4.82. The van der Waals surface area contributed by atoms with E-state index in [4.69, 9.17) is 11.6 Å². The van der Waals surface area contributed by atoms with Crippen LogP contribution in [-0.2, 0) is 0 Å². The van der Waals surface area contributed by atoms with Gasteiger partial charge in [0.1, 0.15) is 10.6 Å². The molecule has 0 fully saturated rings. The first-order chi connectivity index (χ1) is 16.2. The Morgan fingerprint density at radius 2 is 1.79 bits per heavy atom. The largest absolute Gasteiger partial charge is 0.506 e. The predicted octanol–water partition coefficient (Wildman–Crippen LogP) is 7.11. The Morgan fingerprint density at radius 1 is 1.06 bits per heavy atom. The van der Waals surface area contributed by atoms with Crippen molar-refractivity contribution in [2.75, 3.05) is 5.32 Å². The van der Waals surface area contributed by atoms with Gasteiger partial charge in [-0.05, 0) is 70.9 Å². The fraction of sp³-hybridized carbons (Fsp3) is 0.0417. The molecule has 10 heteroatoms. The van der Waals surface area contributed by atoms with Crippen LogP contribution in [0.5, 0.6) is 5.75 Å². The molecule has 0 aliphatic carbocycles. The Bertz CT molecular complexity index is 1450. The van der Waals surface area contributed by atoms with Crippen LogP contribution in [-0.4, -0.2) is 23.1 Å². The molecule has 0 radical (unpaired) electrons. The average molecular weight is 622 g/mol. The van der Waals surface area contributed by atoms with Gasteiger partial charge in [-0.25, -0.2) is 5.43 Å². The smallest absolute Gasteiger partial charge is 0.271 e. The number of hydrogen-bond acceptors (Lipinski definition) is 5. The van der Waals surface area contributed by atoms with Crippen LogP contribution in [0.3, 0.4) is 0 Å². The quantitative estimate of drug-likeness (QED) is 0.164. The first-order valence-corrected chi connectivity index (χ1v) is 12.6. The Kier molecular flexibility index (Phi) is 7.37. The SMILES string of the molecule is Cc1ccc2c(Cl)c(C(=O)Nc3ccc(C(=O)N/N=C\c4cc(Br)cc(Br)c4O)cc3)sc2c1. The van der Waals surface area contributed by atoms with Crippen molar-refractivity contribution in [3.05, 3.63) is 90.1 Å². The van der Waals surface area contributed by atoms with E-state index < -0.39 is 5.91 Å². The molecular formula is C24H16Br2ClN3O3S. The summed E-state index contributed by atoms with van der Waals surface area (Å²) < 4.78 is 2.19. The van der Waals surface area contributed by atoms with E-state index in [0.717, 1.165) is 20.1 Å². The second-order valence-corrected chi connectivity index (χ2v) is 10.5. The summed E-state index contributed by atoms with van der Waals surface area (Å²) in [6.45, 7) is 1.99. The lowest BCUT2D eigenvalue weighted by molar-refractivity contribution is 0.0954. The number of phenols is 1. The van der Waals surface area contributed by atoms with E-state index in [1.807, 2.05) is 25.1 Å². The molecule has 0 aliphatic rings. The summed E-state index contributed by atoms with van der Waals surface area (Å²) in [6.07, 6.45) is 1.34. The van der Waals surface area contributed by atoms with Crippen molar-refractivity contribution in [3.63, 3.8) is 0 Å². The van der Waals surface area contributed by atoms with Crippen molar-refractivity contribution >= 4 is 88.6 Å². The third-order valence-corrected chi connectivity index (χ3v) is 7.54. The number of carbonyl (C=O) groups excluding carboxylic acids is 2. The van der Waals surface area contributed by atoms with Gasteiger partial charge in [0.25, 0.3) is 11.8 Å². The number of fused-ring (bicyclic) bond motifs is 1. The molecule has 2 amide bonds. The maximum atomic E-state index is 12.7. The summed E-state index contributed by atoms with van der Waals surface area (Å²) in [6, 6.07) is 15.6. The van der Waals surface area contributed by atoms with Crippen LogP contribution in [0.4, 0.5) is 5.69 Å². The zero-order chi connectivity index (χ0) is 24.4. The Balaban J connectivity index is 1.41. The van der Waals surface area contributed by atoms with Gasteiger partial charge in [-0.2, -0.15) is 5.10 Å². The van der Waals surface area contributed by atoms with Crippen LogP contribution in [0, 0.1) is 6.92 Å². The van der Waals surface area contributed by atoms with Gasteiger partial charge in [-0.15, -0.1) is 11.3 Å². The standard InChI is InChI=1S/C24H16Br2ClN3O3S/c1-12-2-7-17-19(8-12)34-22(20(17)27)24(33)29-16-5-3-13(4-6-16)23(32)30-28-11-14-9-15(25)10-18(26)21(14)31/h2-11,31H,1H3,(H,29,33)(H,30,32)/b28-11-. The normalized spacial score (nSPS) is 11.2. The molecule has 0 unspecified atom stereocenters. The maximum Gasteiger partial charge on any atom is 0.271 e. The third kappa shape index (κ3) is 5.33. The van der Waals surface area contributed by atoms with E-state index in [0.29, 0.717) is 31.2 Å². The Hall–Kier alpha value is -2.72. The summed E-state index contributed by atoms with van der Waals surface area (Å²) in [5.74, 6) is -0.744. The summed E-state index contributed by atoms with van der Waals surface area (Å²) in [5, 5.41) is 18.0. The lowest BCUT2D eigenvalue weighted by atomic mass is 10.2. The van der Waals surface area contributed by atoms with Gasteiger partial charge < -0.3 is 10.4 Å². The van der Waals surface area contributed by atoms with E-state index in [9.17, 15) is 14.7 Å². The molecule has 0 atom stereocenters. The molecule has 0 saturated carbocycles. The highest BCUT2D eigenvalue weighted by Crippen LogP contribution is 2.36. The summed E-state index contributed by atoms with van der Waals surface area (Å²) in [7, 11) is 0. The second-order valence-electron chi connectivity index (χ2n) is 7.30. The fourth-order valence-corrected chi connectivity index (χ4v) is 5.89. The maximum absolute atomic E-state index is 12.7. The van der Waals surface area contributed by atoms with E-state index in [1.165, 1.54) is 17.6 Å². The number of hydrogen-bond donors (Lipinski definition) is 3. The van der Waals surface area contributed by atoms with Crippen LogP contribution in [0.1, 0.15) is 31.2 Å². The number of aromatic hydroxyl groups is 1. The number of nitrogens with zero attached hydrogens (tertiary/aromatic N) is 1. The number of halogens is 3. The summed E-state index contributed by atoms with van der Waals surface area (Å²) in [4.78, 5) is 25.6. The molecule has 6 nitrogen and oxygen atoms in total. The monoisotopic (exact) mass is 619 g/mol. The van der Waals surface area contributed by atoms with Crippen molar-refractivity contribution in [1.29, 1.82) is 0 Å². The van der Waals surface area contributed by atoms with Crippen molar-refractivity contribution < 1.29 is 14.7 Å². The topological polar surface area (TPSA) is 90.8 Å². The number of nitrogens with one attached hydrogen (secondary N) is 2. The van der Waals surface area contributed by atoms with E-state index >= 15 is 0 Å². The molecule has 1 heterocycles. The number of benzene rings is 3. The second kappa shape index (κ2) is 10.3.